The number of rotatable bonds is 3. The average Bonchev–Trinajstić information content (AvgIpc) is 2.43. The first-order chi connectivity index (χ1) is 9.08. The fourth-order valence-corrected chi connectivity index (χ4v) is 2.30. The summed E-state index contributed by atoms with van der Waals surface area (Å²) in [6.45, 7) is 2.13. The van der Waals surface area contributed by atoms with E-state index >= 15 is 0 Å². The van der Waals surface area contributed by atoms with Crippen molar-refractivity contribution in [2.45, 2.75) is 25.5 Å². The molecule has 1 aromatic carbocycles. The Hall–Kier alpha value is -1.75. The summed E-state index contributed by atoms with van der Waals surface area (Å²) >= 11 is 0. The summed E-state index contributed by atoms with van der Waals surface area (Å²) in [5.41, 5.74) is 1.37. The maximum atomic E-state index is 11.5. The summed E-state index contributed by atoms with van der Waals surface area (Å²) in [4.78, 5) is 13.6. The molecule has 0 bridgehead atoms. The number of likely N-dealkylation sites (N-methyl/N-ethyl adjacent to an activating group) is 1. The second-order valence-corrected chi connectivity index (χ2v) is 4.69. The molecule has 1 aliphatic rings. The number of nitrogens with zero attached hydrogens (tertiary/aromatic N) is 1. The number of aliphatic hydroxyl groups is 1. The van der Waals surface area contributed by atoms with E-state index in [0.717, 1.165) is 11.4 Å². The van der Waals surface area contributed by atoms with E-state index in [9.17, 15) is 4.79 Å². The van der Waals surface area contributed by atoms with Gasteiger partial charge in [-0.1, -0.05) is 0 Å². The van der Waals surface area contributed by atoms with Gasteiger partial charge in [0.2, 0.25) is 0 Å². The number of fused-ring (bicyclic) bond motifs is 1. The Bertz CT molecular complexity index is 475. The van der Waals surface area contributed by atoms with E-state index in [0.29, 0.717) is 12.0 Å². The molecule has 0 saturated heterocycles. The SMILES string of the molecule is COC(=O)c1ccc2c(c1)N(C)C(C)C(CCO)O2. The van der Waals surface area contributed by atoms with Gasteiger partial charge in [-0.05, 0) is 25.1 Å². The molecule has 0 aromatic heterocycles. The van der Waals surface area contributed by atoms with Crippen molar-refractivity contribution >= 4 is 11.7 Å². The molecule has 5 nitrogen and oxygen atoms in total. The number of methoxy groups -OCH3 is 1. The molecular formula is C14H19NO4. The summed E-state index contributed by atoms with van der Waals surface area (Å²) in [5.74, 6) is 0.369. The van der Waals surface area contributed by atoms with Gasteiger partial charge in [-0.25, -0.2) is 4.79 Å². The van der Waals surface area contributed by atoms with Crippen molar-refractivity contribution in [1.29, 1.82) is 0 Å². The molecule has 1 heterocycles. The van der Waals surface area contributed by atoms with Gasteiger partial charge in [-0.3, -0.25) is 0 Å². The number of benzene rings is 1. The molecule has 1 aromatic rings. The van der Waals surface area contributed by atoms with E-state index in [2.05, 4.69) is 4.90 Å². The van der Waals surface area contributed by atoms with E-state index in [1.807, 2.05) is 14.0 Å². The van der Waals surface area contributed by atoms with Crippen molar-refractivity contribution < 1.29 is 19.4 Å². The summed E-state index contributed by atoms with van der Waals surface area (Å²) in [6.07, 6.45) is 0.537. The van der Waals surface area contributed by atoms with Crippen LogP contribution in [-0.4, -0.2) is 44.0 Å². The van der Waals surface area contributed by atoms with Gasteiger partial charge >= 0.3 is 5.97 Å². The normalized spacial score (nSPS) is 21.6. The van der Waals surface area contributed by atoms with Crippen molar-refractivity contribution in [2.75, 3.05) is 25.7 Å². The molecule has 0 amide bonds. The molecule has 19 heavy (non-hydrogen) atoms. The highest BCUT2D eigenvalue weighted by molar-refractivity contribution is 5.91. The van der Waals surface area contributed by atoms with E-state index in [-0.39, 0.29) is 24.7 Å². The van der Waals surface area contributed by atoms with Gasteiger partial charge < -0.3 is 19.5 Å². The van der Waals surface area contributed by atoms with Crippen molar-refractivity contribution in [3.63, 3.8) is 0 Å². The topological polar surface area (TPSA) is 59.0 Å². The molecule has 2 rings (SSSR count). The second-order valence-electron chi connectivity index (χ2n) is 4.69. The lowest BCUT2D eigenvalue weighted by Gasteiger charge is -2.39. The number of carbonyl (C=O) groups is 1. The molecule has 5 heteroatoms. The number of carbonyl (C=O) groups excluding carboxylic acids is 1. The first kappa shape index (κ1) is 13.7. The molecule has 2 atom stereocenters. The van der Waals surface area contributed by atoms with Gasteiger partial charge in [0.25, 0.3) is 0 Å². The Morgan fingerprint density at radius 1 is 1.53 bits per heavy atom. The van der Waals surface area contributed by atoms with E-state index in [1.54, 1.807) is 18.2 Å². The Balaban J connectivity index is 2.33. The average molecular weight is 265 g/mol. The Morgan fingerprint density at radius 3 is 2.89 bits per heavy atom. The quantitative estimate of drug-likeness (QED) is 0.838. The van der Waals surface area contributed by atoms with Crippen LogP contribution in [0.25, 0.3) is 0 Å². The molecule has 0 saturated carbocycles. The van der Waals surface area contributed by atoms with Gasteiger partial charge in [0.05, 0.1) is 24.4 Å². The standard InChI is InChI=1S/C14H19NO4/c1-9-12(6-7-16)19-13-5-4-10(14(17)18-3)8-11(13)15(9)2/h4-5,8-9,12,16H,6-7H2,1-3H3. The largest absolute Gasteiger partial charge is 0.486 e. The highest BCUT2D eigenvalue weighted by Crippen LogP contribution is 2.36. The van der Waals surface area contributed by atoms with Crippen LogP contribution in [0, 0.1) is 0 Å². The number of hydrogen-bond donors (Lipinski definition) is 1. The first-order valence-electron chi connectivity index (χ1n) is 6.31. The van der Waals surface area contributed by atoms with Gasteiger partial charge in [0.1, 0.15) is 11.9 Å². The lowest BCUT2D eigenvalue weighted by molar-refractivity contribution is 0.0600. The smallest absolute Gasteiger partial charge is 0.337 e. The van der Waals surface area contributed by atoms with Crippen LogP contribution in [0.3, 0.4) is 0 Å². The second kappa shape index (κ2) is 5.48. The molecule has 1 N–H and O–H groups in total. The summed E-state index contributed by atoms with van der Waals surface area (Å²) in [5, 5.41) is 9.06. The van der Waals surface area contributed by atoms with Crippen LogP contribution in [0.1, 0.15) is 23.7 Å². The molecule has 0 spiro atoms. The fourth-order valence-electron chi connectivity index (χ4n) is 2.30. The van der Waals surface area contributed by atoms with Crippen LogP contribution in [0.4, 0.5) is 5.69 Å². The zero-order valence-corrected chi connectivity index (χ0v) is 11.4. The number of ether oxygens (including phenoxy) is 2. The molecule has 2 unspecified atom stereocenters. The minimum Gasteiger partial charge on any atom is -0.486 e. The van der Waals surface area contributed by atoms with E-state index in [4.69, 9.17) is 14.6 Å². The summed E-state index contributed by atoms with van der Waals surface area (Å²) < 4.78 is 10.6. The minimum atomic E-state index is -0.360. The predicted octanol–water partition coefficient (Wildman–Crippen LogP) is 1.44. The highest BCUT2D eigenvalue weighted by Gasteiger charge is 2.30. The Morgan fingerprint density at radius 2 is 2.26 bits per heavy atom. The molecule has 0 aliphatic carbocycles. The molecule has 1 aliphatic heterocycles. The lowest BCUT2D eigenvalue weighted by Crippen LogP contribution is -2.46. The number of hydrogen-bond acceptors (Lipinski definition) is 5. The van der Waals surface area contributed by atoms with E-state index < -0.39 is 0 Å². The molecular weight excluding hydrogens is 246 g/mol. The van der Waals surface area contributed by atoms with Crippen LogP contribution in [0.2, 0.25) is 0 Å². The zero-order chi connectivity index (χ0) is 14.0. The fraction of sp³-hybridized carbons (Fsp3) is 0.500. The van der Waals surface area contributed by atoms with Crippen LogP contribution < -0.4 is 9.64 Å². The number of aliphatic hydroxyl groups excluding tert-OH is 1. The molecule has 0 radical (unpaired) electrons. The summed E-state index contributed by atoms with van der Waals surface area (Å²) in [6, 6.07) is 5.36. The first-order valence-corrected chi connectivity index (χ1v) is 6.31. The van der Waals surface area contributed by atoms with Crippen molar-refractivity contribution in [3.05, 3.63) is 23.8 Å². The van der Waals surface area contributed by atoms with Crippen molar-refractivity contribution in [2.24, 2.45) is 0 Å². The maximum Gasteiger partial charge on any atom is 0.337 e. The monoisotopic (exact) mass is 265 g/mol. The highest BCUT2D eigenvalue weighted by atomic mass is 16.5. The van der Waals surface area contributed by atoms with Gasteiger partial charge in [0.15, 0.2) is 0 Å². The van der Waals surface area contributed by atoms with Gasteiger partial charge in [-0.15, -0.1) is 0 Å². The molecule has 0 fully saturated rings. The molecule has 104 valence electrons. The zero-order valence-electron chi connectivity index (χ0n) is 11.4. The van der Waals surface area contributed by atoms with Crippen LogP contribution in [-0.2, 0) is 4.74 Å². The van der Waals surface area contributed by atoms with Gasteiger partial charge in [-0.2, -0.15) is 0 Å². The van der Waals surface area contributed by atoms with Crippen molar-refractivity contribution in [3.8, 4) is 5.75 Å². The third-order valence-electron chi connectivity index (χ3n) is 3.60. The predicted molar refractivity (Wildman–Crippen MR) is 71.8 cm³/mol. The van der Waals surface area contributed by atoms with Crippen LogP contribution in [0.15, 0.2) is 18.2 Å². The maximum absolute atomic E-state index is 11.5. The third kappa shape index (κ3) is 2.51. The third-order valence-corrected chi connectivity index (χ3v) is 3.60. The van der Waals surface area contributed by atoms with Crippen molar-refractivity contribution in [1.82, 2.24) is 0 Å². The minimum absolute atomic E-state index is 0.0496. The van der Waals surface area contributed by atoms with Crippen LogP contribution >= 0.6 is 0 Å². The van der Waals surface area contributed by atoms with Crippen LogP contribution in [0.5, 0.6) is 5.75 Å². The Kier molecular flexibility index (Phi) is 3.95. The van der Waals surface area contributed by atoms with Gasteiger partial charge in [0, 0.05) is 20.1 Å². The lowest BCUT2D eigenvalue weighted by atomic mass is 10.0. The van der Waals surface area contributed by atoms with E-state index in [1.165, 1.54) is 7.11 Å². The summed E-state index contributed by atoms with van der Waals surface area (Å²) in [7, 11) is 3.32. The number of anilines is 1. The Labute approximate surface area is 112 Å². The number of esters is 1.